The van der Waals surface area contributed by atoms with Gasteiger partial charge in [-0.2, -0.15) is 0 Å². The van der Waals surface area contributed by atoms with Gasteiger partial charge in [-0.25, -0.2) is 4.79 Å². The lowest BCUT2D eigenvalue weighted by molar-refractivity contribution is 0.0698. The Bertz CT molecular complexity index is 763. The average Bonchev–Trinajstić information content (AvgIpc) is 3.29. The minimum Gasteiger partial charge on any atom is -0.477 e. The van der Waals surface area contributed by atoms with Crippen molar-refractivity contribution >= 4 is 23.4 Å². The molecule has 1 saturated carbocycles. The number of anilines is 1. The van der Waals surface area contributed by atoms with E-state index in [0.29, 0.717) is 27.6 Å². The maximum Gasteiger partial charge on any atom is 0.343 e. The molecule has 1 aromatic heterocycles. The number of aromatic nitrogens is 1. The molecular formula is C18H19ClN2O3. The summed E-state index contributed by atoms with van der Waals surface area (Å²) in [5.74, 6) is -0.263. The maximum atomic E-state index is 11.9. The van der Waals surface area contributed by atoms with Crippen LogP contribution in [0.2, 0.25) is 5.02 Å². The molecule has 1 N–H and O–H groups in total. The van der Waals surface area contributed by atoms with Crippen molar-refractivity contribution in [3.8, 4) is 11.3 Å². The second-order valence-corrected chi connectivity index (χ2v) is 7.34. The standard InChI is InChI=1S/C18H19ClN2O3/c19-13-5-3-12(4-6-13)15-14(17(22)23)16(20-24-15)21-10-9-18(11-21)7-1-2-8-18/h3-6H,1-2,7-11H2,(H,22,23). The van der Waals surface area contributed by atoms with E-state index in [1.807, 2.05) is 0 Å². The zero-order valence-corrected chi connectivity index (χ0v) is 14.1. The van der Waals surface area contributed by atoms with E-state index in [4.69, 9.17) is 16.1 Å². The van der Waals surface area contributed by atoms with E-state index >= 15 is 0 Å². The van der Waals surface area contributed by atoms with Gasteiger partial charge in [0.15, 0.2) is 17.1 Å². The van der Waals surface area contributed by atoms with Crippen molar-refractivity contribution in [1.29, 1.82) is 0 Å². The van der Waals surface area contributed by atoms with Crippen LogP contribution in [0.1, 0.15) is 42.5 Å². The number of carbonyl (C=O) groups is 1. The quantitative estimate of drug-likeness (QED) is 0.888. The Kier molecular flexibility index (Phi) is 3.76. The van der Waals surface area contributed by atoms with Gasteiger partial charge in [0.2, 0.25) is 0 Å². The van der Waals surface area contributed by atoms with Gasteiger partial charge in [-0.3, -0.25) is 0 Å². The number of aromatic carboxylic acids is 1. The fourth-order valence-electron chi connectivity index (χ4n) is 4.14. The summed E-state index contributed by atoms with van der Waals surface area (Å²) in [6, 6.07) is 6.94. The summed E-state index contributed by atoms with van der Waals surface area (Å²) in [5.41, 5.74) is 1.16. The third-order valence-corrected chi connectivity index (χ3v) is 5.65. The Morgan fingerprint density at radius 2 is 1.92 bits per heavy atom. The summed E-state index contributed by atoms with van der Waals surface area (Å²) < 4.78 is 5.43. The molecule has 5 nitrogen and oxygen atoms in total. The number of carboxylic acid groups (broad SMARTS) is 1. The molecule has 2 aromatic rings. The zero-order chi connectivity index (χ0) is 16.7. The lowest BCUT2D eigenvalue weighted by Gasteiger charge is -2.23. The van der Waals surface area contributed by atoms with Crippen molar-refractivity contribution in [3.05, 3.63) is 34.9 Å². The number of hydrogen-bond donors (Lipinski definition) is 1. The van der Waals surface area contributed by atoms with E-state index in [0.717, 1.165) is 19.5 Å². The summed E-state index contributed by atoms with van der Waals surface area (Å²) >= 11 is 5.91. The van der Waals surface area contributed by atoms with Gasteiger partial charge in [0.05, 0.1) is 0 Å². The molecule has 6 heteroatoms. The summed E-state index contributed by atoms with van der Waals surface area (Å²) in [4.78, 5) is 13.9. The summed E-state index contributed by atoms with van der Waals surface area (Å²) in [6.07, 6.45) is 6.11. The molecule has 24 heavy (non-hydrogen) atoms. The van der Waals surface area contributed by atoms with Crippen LogP contribution in [0.15, 0.2) is 28.8 Å². The van der Waals surface area contributed by atoms with Gasteiger partial charge in [0.1, 0.15) is 0 Å². The van der Waals surface area contributed by atoms with Gasteiger partial charge in [-0.1, -0.05) is 29.6 Å². The monoisotopic (exact) mass is 346 g/mol. The van der Waals surface area contributed by atoms with E-state index in [1.54, 1.807) is 24.3 Å². The molecule has 0 amide bonds. The Morgan fingerprint density at radius 3 is 2.58 bits per heavy atom. The highest BCUT2D eigenvalue weighted by Crippen LogP contribution is 2.47. The van der Waals surface area contributed by atoms with Crippen LogP contribution in [-0.2, 0) is 0 Å². The topological polar surface area (TPSA) is 66.6 Å². The number of benzene rings is 1. The number of rotatable bonds is 3. The van der Waals surface area contributed by atoms with Crippen LogP contribution in [0.3, 0.4) is 0 Å². The minimum atomic E-state index is -1.01. The summed E-state index contributed by atoms with van der Waals surface area (Å²) in [6.45, 7) is 1.72. The second kappa shape index (κ2) is 5.81. The summed E-state index contributed by atoms with van der Waals surface area (Å²) in [7, 11) is 0. The van der Waals surface area contributed by atoms with E-state index in [-0.39, 0.29) is 5.56 Å². The van der Waals surface area contributed by atoms with Gasteiger partial charge in [0.25, 0.3) is 0 Å². The van der Waals surface area contributed by atoms with E-state index in [1.165, 1.54) is 25.7 Å². The highest BCUT2D eigenvalue weighted by molar-refractivity contribution is 6.30. The first-order valence-corrected chi connectivity index (χ1v) is 8.70. The Morgan fingerprint density at radius 1 is 1.21 bits per heavy atom. The number of nitrogens with zero attached hydrogens (tertiary/aromatic N) is 2. The van der Waals surface area contributed by atoms with Crippen molar-refractivity contribution in [2.45, 2.75) is 32.1 Å². The first-order chi connectivity index (χ1) is 11.6. The molecule has 1 spiro atoms. The fraction of sp³-hybridized carbons (Fsp3) is 0.444. The van der Waals surface area contributed by atoms with Crippen LogP contribution in [0.5, 0.6) is 0 Å². The number of carboxylic acids is 1. The van der Waals surface area contributed by atoms with Crippen LogP contribution in [0, 0.1) is 5.41 Å². The van der Waals surface area contributed by atoms with Crippen molar-refractivity contribution in [2.24, 2.45) is 5.41 Å². The number of hydrogen-bond acceptors (Lipinski definition) is 4. The van der Waals surface area contributed by atoms with Crippen LogP contribution in [0.25, 0.3) is 11.3 Å². The molecule has 0 atom stereocenters. The van der Waals surface area contributed by atoms with Crippen LogP contribution in [0.4, 0.5) is 5.82 Å². The number of halogens is 1. The first-order valence-electron chi connectivity index (χ1n) is 8.32. The molecule has 1 saturated heterocycles. The molecular weight excluding hydrogens is 328 g/mol. The Hall–Kier alpha value is -2.01. The van der Waals surface area contributed by atoms with E-state index in [9.17, 15) is 9.90 Å². The van der Waals surface area contributed by atoms with Crippen molar-refractivity contribution in [2.75, 3.05) is 18.0 Å². The largest absolute Gasteiger partial charge is 0.477 e. The normalized spacial score (nSPS) is 19.3. The molecule has 2 heterocycles. The lowest BCUT2D eigenvalue weighted by atomic mass is 9.86. The molecule has 1 aliphatic carbocycles. The Balaban J connectivity index is 1.69. The molecule has 0 bridgehead atoms. The van der Waals surface area contributed by atoms with Crippen molar-refractivity contribution in [3.63, 3.8) is 0 Å². The third kappa shape index (κ3) is 2.57. The van der Waals surface area contributed by atoms with Crippen LogP contribution in [-0.4, -0.2) is 29.3 Å². The molecule has 1 aromatic carbocycles. The molecule has 2 aliphatic rings. The molecule has 4 rings (SSSR count). The average molecular weight is 347 g/mol. The van der Waals surface area contributed by atoms with Gasteiger partial charge >= 0.3 is 5.97 Å². The van der Waals surface area contributed by atoms with E-state index < -0.39 is 5.97 Å². The Labute approximate surface area is 145 Å². The second-order valence-electron chi connectivity index (χ2n) is 6.90. The molecule has 0 unspecified atom stereocenters. The molecule has 2 fully saturated rings. The predicted molar refractivity (Wildman–Crippen MR) is 91.6 cm³/mol. The fourth-order valence-corrected chi connectivity index (χ4v) is 4.26. The maximum absolute atomic E-state index is 11.9. The van der Waals surface area contributed by atoms with Gasteiger partial charge in [-0.05, 0) is 48.9 Å². The zero-order valence-electron chi connectivity index (χ0n) is 13.3. The SMILES string of the molecule is O=C(O)c1c(N2CCC3(CCCC3)C2)noc1-c1ccc(Cl)cc1. The first kappa shape index (κ1) is 15.5. The van der Waals surface area contributed by atoms with Gasteiger partial charge in [0, 0.05) is 23.7 Å². The predicted octanol–water partition coefficient (Wildman–Crippen LogP) is 4.46. The van der Waals surface area contributed by atoms with Crippen molar-refractivity contribution < 1.29 is 14.4 Å². The summed E-state index contributed by atoms with van der Waals surface area (Å²) in [5, 5.41) is 14.4. The highest BCUT2D eigenvalue weighted by Gasteiger charge is 2.42. The highest BCUT2D eigenvalue weighted by atomic mass is 35.5. The van der Waals surface area contributed by atoms with Crippen molar-refractivity contribution in [1.82, 2.24) is 5.16 Å². The molecule has 0 radical (unpaired) electrons. The lowest BCUT2D eigenvalue weighted by Crippen LogP contribution is -2.26. The van der Waals surface area contributed by atoms with Crippen LogP contribution >= 0.6 is 11.6 Å². The van der Waals surface area contributed by atoms with Gasteiger partial charge in [-0.15, -0.1) is 0 Å². The van der Waals surface area contributed by atoms with E-state index in [2.05, 4.69) is 10.1 Å². The third-order valence-electron chi connectivity index (χ3n) is 5.40. The molecule has 126 valence electrons. The molecule has 1 aliphatic heterocycles. The minimum absolute atomic E-state index is 0.146. The smallest absolute Gasteiger partial charge is 0.343 e. The van der Waals surface area contributed by atoms with Crippen LogP contribution < -0.4 is 4.90 Å². The van der Waals surface area contributed by atoms with Gasteiger partial charge < -0.3 is 14.5 Å².